The van der Waals surface area contributed by atoms with E-state index in [1.807, 2.05) is 36.4 Å². The lowest BCUT2D eigenvalue weighted by atomic mass is 9.99. The summed E-state index contributed by atoms with van der Waals surface area (Å²) in [7, 11) is 0. The molecule has 1 aromatic rings. The van der Waals surface area contributed by atoms with Crippen LogP contribution in [0.15, 0.2) is 54.1 Å². The monoisotopic (exact) mass is 278 g/mol. The minimum atomic E-state index is -0.805. The van der Waals surface area contributed by atoms with Crippen molar-refractivity contribution in [2.75, 3.05) is 4.90 Å². The Balaban J connectivity index is 2.05. The van der Waals surface area contributed by atoms with Gasteiger partial charge in [0.15, 0.2) is 0 Å². The molecule has 0 aromatic heterocycles. The molecule has 5 heteroatoms. The van der Waals surface area contributed by atoms with Crippen molar-refractivity contribution in [3.8, 4) is 0 Å². The van der Waals surface area contributed by atoms with Crippen LogP contribution in [-0.2, 0) is 9.59 Å². The number of nitrogens with zero attached hydrogens (tertiary/aromatic N) is 2. The van der Waals surface area contributed by atoms with Crippen LogP contribution in [-0.4, -0.2) is 22.7 Å². The minimum Gasteiger partial charge on any atom is -0.262 e. The predicted molar refractivity (Wildman–Crippen MR) is 76.0 cm³/mol. The van der Waals surface area contributed by atoms with Crippen molar-refractivity contribution in [1.29, 1.82) is 0 Å². The molecule has 1 aliphatic carbocycles. The Morgan fingerprint density at radius 3 is 2.24 bits per heavy atom. The second-order valence-electron chi connectivity index (χ2n) is 4.98. The van der Waals surface area contributed by atoms with Gasteiger partial charge in [0.1, 0.15) is 0 Å². The molecule has 0 atom stereocenters. The smallest absolute Gasteiger partial charge is 0.262 e. The number of urea groups is 1. The number of carbonyl (C=O) groups is 3. The lowest BCUT2D eigenvalue weighted by Gasteiger charge is -2.24. The topological polar surface area (TPSA) is 57.7 Å². The van der Waals surface area contributed by atoms with Crippen LogP contribution in [0.4, 0.5) is 10.5 Å². The van der Waals surface area contributed by atoms with E-state index in [1.54, 1.807) is 12.1 Å². The molecule has 1 aromatic carbocycles. The molecule has 0 unspecified atom stereocenters. The van der Waals surface area contributed by atoms with Gasteiger partial charge in [-0.2, -0.15) is 0 Å². The lowest BCUT2D eigenvalue weighted by molar-refractivity contribution is -0.137. The zero-order chi connectivity index (χ0) is 14.6. The van der Waals surface area contributed by atoms with E-state index in [9.17, 15) is 14.4 Å². The summed E-state index contributed by atoms with van der Waals surface area (Å²) in [5.74, 6) is -1.60. The van der Waals surface area contributed by atoms with Gasteiger partial charge in [0.2, 0.25) is 0 Å². The van der Waals surface area contributed by atoms with E-state index in [1.165, 1.54) is 0 Å². The highest BCUT2D eigenvalue weighted by atomic mass is 16.2. The number of imide groups is 2. The van der Waals surface area contributed by atoms with Crippen LogP contribution in [0.25, 0.3) is 5.70 Å². The Hall–Kier alpha value is -2.95. The maximum absolute atomic E-state index is 12.5. The van der Waals surface area contributed by atoms with Crippen molar-refractivity contribution in [1.82, 2.24) is 4.90 Å². The Kier molecular flexibility index (Phi) is 2.27. The van der Waals surface area contributed by atoms with Gasteiger partial charge in [0, 0.05) is 0 Å². The summed E-state index contributed by atoms with van der Waals surface area (Å²) < 4.78 is 0. The molecule has 4 amide bonds. The van der Waals surface area contributed by atoms with Crippen LogP contribution in [0.1, 0.15) is 12.0 Å². The third-order valence-corrected chi connectivity index (χ3v) is 3.78. The molecule has 3 aliphatic heterocycles. The van der Waals surface area contributed by atoms with E-state index in [0.717, 1.165) is 20.9 Å². The zero-order valence-corrected chi connectivity index (χ0v) is 10.9. The molecule has 3 heterocycles. The van der Waals surface area contributed by atoms with Gasteiger partial charge in [-0.25, -0.2) is 14.6 Å². The Labute approximate surface area is 120 Å². The molecule has 5 nitrogen and oxygen atoms in total. The first-order chi connectivity index (χ1) is 10.2. The van der Waals surface area contributed by atoms with Crippen molar-refractivity contribution in [3.63, 3.8) is 0 Å². The van der Waals surface area contributed by atoms with Gasteiger partial charge in [-0.15, -0.1) is 0 Å². The van der Waals surface area contributed by atoms with E-state index in [-0.39, 0.29) is 0 Å². The Morgan fingerprint density at radius 1 is 0.857 bits per heavy atom. The first-order valence-electron chi connectivity index (χ1n) is 6.58. The van der Waals surface area contributed by atoms with Crippen molar-refractivity contribution < 1.29 is 14.4 Å². The van der Waals surface area contributed by atoms with Crippen LogP contribution in [0.5, 0.6) is 0 Å². The first-order valence-corrected chi connectivity index (χ1v) is 6.58. The summed E-state index contributed by atoms with van der Waals surface area (Å²) in [5.41, 5.74) is 2.51. The van der Waals surface area contributed by atoms with E-state index in [0.29, 0.717) is 17.8 Å². The van der Waals surface area contributed by atoms with Gasteiger partial charge in [0.05, 0.1) is 11.4 Å². The molecular weight excluding hydrogens is 268 g/mol. The van der Waals surface area contributed by atoms with Crippen molar-refractivity contribution >= 4 is 29.2 Å². The molecule has 0 spiro atoms. The normalized spacial score (nSPS) is 23.1. The van der Waals surface area contributed by atoms with E-state index in [2.05, 4.69) is 0 Å². The molecule has 102 valence electrons. The third kappa shape index (κ3) is 1.48. The van der Waals surface area contributed by atoms with Gasteiger partial charge in [-0.3, -0.25) is 9.59 Å². The summed E-state index contributed by atoms with van der Waals surface area (Å²) >= 11 is 0. The number of hydrogen-bond acceptors (Lipinski definition) is 3. The molecule has 4 bridgehead atoms. The van der Waals surface area contributed by atoms with Crippen molar-refractivity contribution in [3.05, 3.63) is 59.7 Å². The highest BCUT2D eigenvalue weighted by Crippen LogP contribution is 2.36. The third-order valence-electron chi connectivity index (χ3n) is 3.78. The highest BCUT2D eigenvalue weighted by molar-refractivity contribution is 6.54. The average molecular weight is 278 g/mol. The second-order valence-corrected chi connectivity index (χ2v) is 4.98. The number of fused-ring (bicyclic) bond motifs is 2. The quantitative estimate of drug-likeness (QED) is 0.540. The molecule has 5 rings (SSSR count). The predicted octanol–water partition coefficient (Wildman–Crippen LogP) is 2.22. The molecule has 4 aliphatic rings. The number of carbonyl (C=O) groups excluding carboxylic acids is 3. The standard InChI is InChI=1S/C16H10N2O3/c19-14-15(20)18-13(10-4-2-1-3-5-10)11-6-8-12(9-7-11)17(14)16(18)21/h1-4,6-9H,5H2. The molecular formula is C16H10N2O3. The lowest BCUT2D eigenvalue weighted by Crippen LogP contribution is -2.34. The van der Waals surface area contributed by atoms with Crippen molar-refractivity contribution in [2.45, 2.75) is 6.42 Å². The molecule has 0 N–H and O–H groups in total. The summed E-state index contributed by atoms with van der Waals surface area (Å²) in [6, 6.07) is 6.41. The minimum absolute atomic E-state index is 0.424. The number of rotatable bonds is 0. The van der Waals surface area contributed by atoms with Gasteiger partial charge in [0.25, 0.3) is 0 Å². The summed E-state index contributed by atoms with van der Waals surface area (Å²) in [6.45, 7) is 0. The fourth-order valence-corrected chi connectivity index (χ4v) is 2.81. The van der Waals surface area contributed by atoms with Gasteiger partial charge in [-0.1, -0.05) is 36.4 Å². The van der Waals surface area contributed by atoms with Crippen LogP contribution < -0.4 is 4.90 Å². The second kappa shape index (κ2) is 4.02. The van der Waals surface area contributed by atoms with Crippen LogP contribution >= 0.6 is 0 Å². The number of anilines is 1. The SMILES string of the molecule is O=C1C(=O)N2C(=O)N1C(=C1C=CC=CC1)c1ccc2cc1. The van der Waals surface area contributed by atoms with Crippen LogP contribution in [0.2, 0.25) is 0 Å². The van der Waals surface area contributed by atoms with E-state index < -0.39 is 17.8 Å². The number of allylic oxidation sites excluding steroid dienone is 5. The maximum Gasteiger partial charge on any atom is 0.343 e. The van der Waals surface area contributed by atoms with E-state index in [4.69, 9.17) is 0 Å². The number of amides is 4. The number of hydrogen-bond donors (Lipinski definition) is 0. The fraction of sp³-hybridized carbons (Fsp3) is 0.0625. The van der Waals surface area contributed by atoms with Crippen LogP contribution in [0.3, 0.4) is 0 Å². The Bertz CT molecular complexity index is 784. The number of benzene rings is 1. The summed E-state index contributed by atoms with van der Waals surface area (Å²) in [5, 5.41) is 0. The fourth-order valence-electron chi connectivity index (χ4n) is 2.81. The average Bonchev–Trinajstić information content (AvgIpc) is 2.76. The largest absolute Gasteiger partial charge is 0.343 e. The molecule has 1 fully saturated rings. The van der Waals surface area contributed by atoms with Crippen LogP contribution in [0, 0.1) is 0 Å². The maximum atomic E-state index is 12.5. The molecule has 0 radical (unpaired) electrons. The first kappa shape index (κ1) is 11.8. The summed E-state index contributed by atoms with van der Waals surface area (Å²) in [6.07, 6.45) is 8.17. The molecule has 21 heavy (non-hydrogen) atoms. The summed E-state index contributed by atoms with van der Waals surface area (Å²) in [4.78, 5) is 38.7. The molecule has 1 saturated heterocycles. The van der Waals surface area contributed by atoms with E-state index >= 15 is 0 Å². The molecule has 0 saturated carbocycles. The van der Waals surface area contributed by atoms with Gasteiger partial charge >= 0.3 is 17.8 Å². The van der Waals surface area contributed by atoms with Gasteiger partial charge in [-0.05, 0) is 29.7 Å². The zero-order valence-electron chi connectivity index (χ0n) is 10.9. The highest BCUT2D eigenvalue weighted by Gasteiger charge is 2.48. The van der Waals surface area contributed by atoms with Crippen molar-refractivity contribution in [2.24, 2.45) is 0 Å². The van der Waals surface area contributed by atoms with Gasteiger partial charge < -0.3 is 0 Å². The Morgan fingerprint density at radius 2 is 1.57 bits per heavy atom.